The third-order valence-electron chi connectivity index (χ3n) is 2.77. The van der Waals surface area contributed by atoms with E-state index in [9.17, 15) is 19.7 Å². The first-order chi connectivity index (χ1) is 9.31. The van der Waals surface area contributed by atoms with E-state index in [0.717, 1.165) is 0 Å². The van der Waals surface area contributed by atoms with Crippen LogP contribution < -0.4 is 11.1 Å². The predicted molar refractivity (Wildman–Crippen MR) is 73.0 cm³/mol. The second kappa shape index (κ2) is 6.62. The van der Waals surface area contributed by atoms with Gasteiger partial charge in [0.25, 0.3) is 5.69 Å². The van der Waals surface area contributed by atoms with Gasteiger partial charge in [-0.1, -0.05) is 6.07 Å². The fraction of sp³-hybridized carbons (Fsp3) is 0.333. The standard InChI is InChI=1S/C12H16N4O4/c1-8(15(2)7-11(13)17)12(18)14-9-4-3-5-10(6-9)16(19)20/h3-6,8H,7H2,1-2H3,(H2,13,17)(H,14,18). The fourth-order valence-corrected chi connectivity index (χ4v) is 1.53. The first-order valence-corrected chi connectivity index (χ1v) is 5.85. The van der Waals surface area contributed by atoms with Gasteiger partial charge < -0.3 is 11.1 Å². The molecule has 20 heavy (non-hydrogen) atoms. The molecule has 0 fully saturated rings. The number of benzene rings is 1. The van der Waals surface area contributed by atoms with E-state index < -0.39 is 16.9 Å². The Bertz CT molecular complexity index is 532. The Morgan fingerprint density at radius 3 is 2.70 bits per heavy atom. The van der Waals surface area contributed by atoms with Crippen LogP contribution in [0.15, 0.2) is 24.3 Å². The lowest BCUT2D eigenvalue weighted by Crippen LogP contribution is -2.43. The van der Waals surface area contributed by atoms with Crippen LogP contribution in [-0.4, -0.2) is 41.3 Å². The second-order valence-corrected chi connectivity index (χ2v) is 4.35. The van der Waals surface area contributed by atoms with Gasteiger partial charge in [-0.25, -0.2) is 0 Å². The third-order valence-corrected chi connectivity index (χ3v) is 2.77. The summed E-state index contributed by atoms with van der Waals surface area (Å²) in [6.45, 7) is 1.55. The monoisotopic (exact) mass is 280 g/mol. The average Bonchev–Trinajstić information content (AvgIpc) is 2.37. The maximum absolute atomic E-state index is 11.9. The molecule has 108 valence electrons. The highest BCUT2D eigenvalue weighted by Crippen LogP contribution is 2.17. The molecule has 0 bridgehead atoms. The topological polar surface area (TPSA) is 119 Å². The number of rotatable bonds is 6. The van der Waals surface area contributed by atoms with Gasteiger partial charge in [0.2, 0.25) is 11.8 Å². The molecular formula is C12H16N4O4. The molecule has 3 N–H and O–H groups in total. The van der Waals surface area contributed by atoms with E-state index in [-0.39, 0.29) is 18.1 Å². The zero-order chi connectivity index (χ0) is 15.3. The summed E-state index contributed by atoms with van der Waals surface area (Å²) in [5.41, 5.74) is 5.26. The van der Waals surface area contributed by atoms with Crippen LogP contribution >= 0.6 is 0 Å². The molecule has 0 heterocycles. The summed E-state index contributed by atoms with van der Waals surface area (Å²) in [5.74, 6) is -0.920. The summed E-state index contributed by atoms with van der Waals surface area (Å²) in [5, 5.41) is 13.2. The van der Waals surface area contributed by atoms with E-state index in [0.29, 0.717) is 5.69 Å². The van der Waals surface area contributed by atoms with E-state index in [4.69, 9.17) is 5.73 Å². The van der Waals surface area contributed by atoms with Gasteiger partial charge in [-0.3, -0.25) is 24.6 Å². The van der Waals surface area contributed by atoms with Crippen molar-refractivity contribution in [2.24, 2.45) is 5.73 Å². The van der Waals surface area contributed by atoms with Crippen molar-refractivity contribution in [2.75, 3.05) is 18.9 Å². The van der Waals surface area contributed by atoms with E-state index in [2.05, 4.69) is 5.32 Å². The molecule has 0 saturated carbocycles. The number of likely N-dealkylation sites (N-methyl/N-ethyl adjacent to an activating group) is 1. The molecule has 1 unspecified atom stereocenters. The number of anilines is 1. The summed E-state index contributed by atoms with van der Waals surface area (Å²) in [4.78, 5) is 34.3. The van der Waals surface area contributed by atoms with E-state index in [1.807, 2.05) is 0 Å². The molecule has 1 aromatic carbocycles. The van der Waals surface area contributed by atoms with Gasteiger partial charge in [0.05, 0.1) is 17.5 Å². The van der Waals surface area contributed by atoms with E-state index in [1.165, 1.54) is 23.1 Å². The molecule has 0 spiro atoms. The number of carbonyl (C=O) groups is 2. The first-order valence-electron chi connectivity index (χ1n) is 5.85. The number of carbonyl (C=O) groups excluding carboxylic acids is 2. The van der Waals surface area contributed by atoms with E-state index in [1.54, 1.807) is 20.0 Å². The number of amides is 2. The molecule has 0 aliphatic rings. The maximum atomic E-state index is 11.9. The second-order valence-electron chi connectivity index (χ2n) is 4.35. The van der Waals surface area contributed by atoms with Gasteiger partial charge in [-0.15, -0.1) is 0 Å². The molecule has 0 saturated heterocycles. The number of nitrogens with one attached hydrogen (secondary N) is 1. The predicted octanol–water partition coefficient (Wildman–Crippen LogP) is 0.339. The number of nitro benzene ring substituents is 1. The average molecular weight is 280 g/mol. The highest BCUT2D eigenvalue weighted by atomic mass is 16.6. The summed E-state index contributed by atoms with van der Waals surface area (Å²) < 4.78 is 0. The SMILES string of the molecule is CC(C(=O)Nc1cccc([N+](=O)[O-])c1)N(C)CC(N)=O. The van der Waals surface area contributed by atoms with Gasteiger partial charge in [-0.05, 0) is 20.0 Å². The van der Waals surface area contributed by atoms with Crippen LogP contribution in [0.25, 0.3) is 0 Å². The highest BCUT2D eigenvalue weighted by molar-refractivity contribution is 5.95. The van der Waals surface area contributed by atoms with Crippen LogP contribution in [-0.2, 0) is 9.59 Å². The minimum atomic E-state index is -0.596. The van der Waals surface area contributed by atoms with Crippen LogP contribution in [0.1, 0.15) is 6.92 Å². The van der Waals surface area contributed by atoms with Crippen LogP contribution in [0.5, 0.6) is 0 Å². The number of nitrogens with two attached hydrogens (primary N) is 1. The number of non-ortho nitro benzene ring substituents is 1. The van der Waals surface area contributed by atoms with Crippen molar-refractivity contribution < 1.29 is 14.5 Å². The van der Waals surface area contributed by atoms with Gasteiger partial charge in [-0.2, -0.15) is 0 Å². The Morgan fingerprint density at radius 2 is 2.15 bits per heavy atom. The zero-order valence-corrected chi connectivity index (χ0v) is 11.2. The van der Waals surface area contributed by atoms with Crippen LogP contribution in [0, 0.1) is 10.1 Å². The number of primary amides is 1. The lowest BCUT2D eigenvalue weighted by Gasteiger charge is -2.22. The Hall–Kier alpha value is -2.48. The molecule has 1 rings (SSSR count). The van der Waals surface area contributed by atoms with Crippen molar-refractivity contribution in [3.8, 4) is 0 Å². The van der Waals surface area contributed by atoms with Gasteiger partial charge in [0, 0.05) is 17.8 Å². The fourth-order valence-electron chi connectivity index (χ4n) is 1.53. The molecule has 0 aliphatic heterocycles. The number of nitrogens with zero attached hydrogens (tertiary/aromatic N) is 2. The smallest absolute Gasteiger partial charge is 0.271 e. The van der Waals surface area contributed by atoms with Crippen molar-refractivity contribution in [1.82, 2.24) is 4.90 Å². The van der Waals surface area contributed by atoms with Crippen molar-refractivity contribution in [2.45, 2.75) is 13.0 Å². The van der Waals surface area contributed by atoms with Crippen LogP contribution in [0.4, 0.5) is 11.4 Å². The molecule has 0 aromatic heterocycles. The summed E-state index contributed by atoms with van der Waals surface area (Å²) in [6.07, 6.45) is 0. The molecule has 0 radical (unpaired) electrons. The van der Waals surface area contributed by atoms with Crippen LogP contribution in [0.2, 0.25) is 0 Å². The molecule has 1 aromatic rings. The molecular weight excluding hydrogens is 264 g/mol. The molecule has 1 atom stereocenters. The Labute approximate surface area is 115 Å². The Morgan fingerprint density at radius 1 is 1.50 bits per heavy atom. The van der Waals surface area contributed by atoms with E-state index >= 15 is 0 Å². The molecule has 0 aliphatic carbocycles. The van der Waals surface area contributed by atoms with Crippen molar-refractivity contribution in [1.29, 1.82) is 0 Å². The van der Waals surface area contributed by atoms with Crippen molar-refractivity contribution >= 4 is 23.2 Å². The lowest BCUT2D eigenvalue weighted by molar-refractivity contribution is -0.384. The Kier molecular flexibility index (Phi) is 5.15. The number of nitro groups is 1. The summed E-state index contributed by atoms with van der Waals surface area (Å²) in [6, 6.07) is 5.02. The van der Waals surface area contributed by atoms with Crippen LogP contribution in [0.3, 0.4) is 0 Å². The number of hydrogen-bond donors (Lipinski definition) is 2. The number of hydrogen-bond acceptors (Lipinski definition) is 5. The molecule has 2 amide bonds. The molecule has 8 nitrogen and oxygen atoms in total. The largest absolute Gasteiger partial charge is 0.369 e. The summed E-state index contributed by atoms with van der Waals surface area (Å²) in [7, 11) is 1.59. The first kappa shape index (κ1) is 15.6. The van der Waals surface area contributed by atoms with Gasteiger partial charge in [0.15, 0.2) is 0 Å². The highest BCUT2D eigenvalue weighted by Gasteiger charge is 2.19. The summed E-state index contributed by atoms with van der Waals surface area (Å²) >= 11 is 0. The zero-order valence-electron chi connectivity index (χ0n) is 11.2. The minimum absolute atomic E-state index is 0.0521. The van der Waals surface area contributed by atoms with Gasteiger partial charge in [0.1, 0.15) is 0 Å². The third kappa shape index (κ3) is 4.32. The quantitative estimate of drug-likeness (QED) is 0.575. The normalized spacial score (nSPS) is 11.9. The van der Waals surface area contributed by atoms with Crippen molar-refractivity contribution in [3.05, 3.63) is 34.4 Å². The molecule has 8 heteroatoms. The maximum Gasteiger partial charge on any atom is 0.271 e. The lowest BCUT2D eigenvalue weighted by atomic mass is 10.2. The van der Waals surface area contributed by atoms with Gasteiger partial charge >= 0.3 is 0 Å². The Balaban J connectivity index is 2.72. The van der Waals surface area contributed by atoms with Crippen molar-refractivity contribution in [3.63, 3.8) is 0 Å². The minimum Gasteiger partial charge on any atom is -0.369 e.